The summed E-state index contributed by atoms with van der Waals surface area (Å²) in [6, 6.07) is 10.0. The molecule has 0 heterocycles. The van der Waals surface area contributed by atoms with Gasteiger partial charge in [0.25, 0.3) is 0 Å². The van der Waals surface area contributed by atoms with Crippen LogP contribution in [0.4, 0.5) is 0 Å². The molecule has 1 aromatic carbocycles. The Morgan fingerprint density at radius 3 is 1.57 bits per heavy atom. The van der Waals surface area contributed by atoms with Gasteiger partial charge in [0.05, 0.1) is 0 Å². The largest absolute Gasteiger partial charge is 1.00 e. The Balaban J connectivity index is -0.0000000779. The van der Waals surface area contributed by atoms with Gasteiger partial charge in [-0.25, -0.2) is 0 Å². The van der Waals surface area contributed by atoms with Crippen LogP contribution in [0.1, 0.15) is 6.99 Å². The summed E-state index contributed by atoms with van der Waals surface area (Å²) in [5, 5.41) is 0. The second kappa shape index (κ2) is 14.5. The fraction of sp³-hybridized carbons (Fsp3) is 0. The summed E-state index contributed by atoms with van der Waals surface area (Å²) in [6.07, 6.45) is 5.11. The Hall–Kier alpha value is -1.00. The van der Waals surface area contributed by atoms with E-state index < -0.39 is 0 Å². The van der Waals surface area contributed by atoms with Gasteiger partial charge in [0.1, 0.15) is 0 Å². The number of hydrogen-bond donors (Lipinski definition) is 1. The van der Waals surface area contributed by atoms with Crippen LogP contribution in [-0.2, 0) is 0 Å². The summed E-state index contributed by atoms with van der Waals surface area (Å²) >= 11 is 0. The molecule has 3 N–H and O–H groups in total. The van der Waals surface area contributed by atoms with Crippen LogP contribution in [0.15, 0.2) is 62.2 Å². The minimum Gasteiger partial charge on any atom is -1.00 e. The van der Waals surface area contributed by atoms with E-state index in [9.17, 15) is 0 Å². The Kier molecular flexibility index (Phi) is 19.4. The molecule has 14 heavy (non-hydrogen) atoms. The van der Waals surface area contributed by atoms with Gasteiger partial charge in [-0.1, -0.05) is 68.3 Å². The van der Waals surface area contributed by atoms with Gasteiger partial charge in [0, 0.05) is 0 Å². The van der Waals surface area contributed by atoms with Crippen LogP contribution in [-0.4, -0.2) is 0 Å². The zero-order valence-electron chi connectivity index (χ0n) is 9.95. The molecule has 0 saturated heterocycles. The molecule has 0 atom stereocenters. The zero-order chi connectivity index (χ0) is 9.23. The van der Waals surface area contributed by atoms with Crippen LogP contribution in [0, 0.1) is 0 Å². The van der Waals surface area contributed by atoms with E-state index in [4.69, 9.17) is 0 Å². The number of hydrogen-bond acceptors (Lipinski definition) is 1. The van der Waals surface area contributed by atoms with Crippen molar-refractivity contribution in [1.82, 2.24) is 6.15 Å². The van der Waals surface area contributed by atoms with E-state index in [2.05, 4.69) is 19.7 Å². The molecule has 0 bridgehead atoms. The van der Waals surface area contributed by atoms with Crippen molar-refractivity contribution in [2.75, 3.05) is 0 Å². The first-order valence-corrected chi connectivity index (χ1v) is 3.76. The van der Waals surface area contributed by atoms with Crippen LogP contribution < -0.4 is 25.0 Å². The molecule has 0 aliphatic carbocycles. The van der Waals surface area contributed by atoms with Gasteiger partial charge in [-0.05, 0) is 5.56 Å². The summed E-state index contributed by atoms with van der Waals surface area (Å²) in [5.41, 5.74) is 1.17. The van der Waals surface area contributed by atoms with Crippen molar-refractivity contribution in [3.8, 4) is 0 Å². The van der Waals surface area contributed by atoms with Gasteiger partial charge < -0.3 is 7.58 Å². The molecule has 2 heteroatoms. The number of rotatable bonds is 2. The third-order valence-corrected chi connectivity index (χ3v) is 1.20. The zero-order valence-corrected chi connectivity index (χ0v) is 8.95. The van der Waals surface area contributed by atoms with Gasteiger partial charge in [0.15, 0.2) is 0 Å². The number of allylic oxidation sites excluding steroid dienone is 2. The molecule has 0 unspecified atom stereocenters. The predicted octanol–water partition coefficient (Wildman–Crippen LogP) is 0.966. The minimum atomic E-state index is 0. The van der Waals surface area contributed by atoms with E-state index in [0.717, 1.165) is 0 Å². The van der Waals surface area contributed by atoms with Gasteiger partial charge in [-0.15, -0.1) is 0 Å². The first-order chi connectivity index (χ1) is 5.85. The van der Waals surface area contributed by atoms with E-state index in [1.54, 1.807) is 12.2 Å². The van der Waals surface area contributed by atoms with Crippen molar-refractivity contribution < 1.29 is 20.3 Å². The van der Waals surface area contributed by atoms with Gasteiger partial charge in [0.2, 0.25) is 0 Å². The normalized spacial score (nSPS) is 6.29. The minimum absolute atomic E-state index is 0. The fourth-order valence-corrected chi connectivity index (χ4v) is 0.589. The second-order valence-corrected chi connectivity index (χ2v) is 2.09. The summed E-state index contributed by atoms with van der Waals surface area (Å²) < 4.78 is 0. The smallest absolute Gasteiger partial charge is 1.00 e. The van der Waals surface area contributed by atoms with Crippen molar-refractivity contribution in [3.05, 3.63) is 67.8 Å². The van der Waals surface area contributed by atoms with Crippen LogP contribution in [0.3, 0.4) is 0 Å². The van der Waals surface area contributed by atoms with Crippen molar-refractivity contribution in [2.24, 2.45) is 0 Å². The van der Waals surface area contributed by atoms with Crippen LogP contribution >= 0.6 is 0 Å². The molecule has 0 radical (unpaired) electrons. The predicted molar refractivity (Wildman–Crippen MR) is 63.1 cm³/mol. The Labute approximate surface area is 100 Å². The van der Waals surface area contributed by atoms with Crippen LogP contribution in [0.25, 0.3) is 6.08 Å². The van der Waals surface area contributed by atoms with Gasteiger partial charge >= 0.3 is 18.9 Å². The maximum atomic E-state index is 3.63. The molecule has 0 aliphatic rings. The molecule has 1 rings (SSSR count). The molecule has 0 spiro atoms. The maximum Gasteiger partial charge on any atom is 1.00 e. The second-order valence-electron chi connectivity index (χ2n) is 2.09. The molecule has 0 aromatic heterocycles. The SMILES string of the molecule is C=CC=C.C=Cc1ccccc1.N.[H-].[Li+]. The topological polar surface area (TPSA) is 35.0 Å². The molecule has 1 nitrogen and oxygen atoms in total. The summed E-state index contributed by atoms with van der Waals surface area (Å²) in [7, 11) is 0. The van der Waals surface area contributed by atoms with Gasteiger partial charge in [-0.3, -0.25) is 0 Å². The molecule has 72 valence electrons. The Bertz CT molecular complexity index is 241. The quantitative estimate of drug-likeness (QED) is 0.538. The molecule has 0 amide bonds. The van der Waals surface area contributed by atoms with E-state index in [1.165, 1.54) is 5.56 Å². The average molecular weight is 183 g/mol. The molecular formula is C12H18LiN. The average Bonchev–Trinajstić information content (AvgIpc) is 2.19. The summed E-state index contributed by atoms with van der Waals surface area (Å²) in [6.45, 7) is 10.4. The maximum absolute atomic E-state index is 3.63. The Morgan fingerprint density at radius 1 is 0.929 bits per heavy atom. The first kappa shape index (κ1) is 18.7. The van der Waals surface area contributed by atoms with E-state index in [1.807, 2.05) is 36.4 Å². The molecule has 0 fully saturated rings. The van der Waals surface area contributed by atoms with Crippen molar-refractivity contribution in [2.45, 2.75) is 0 Å². The summed E-state index contributed by atoms with van der Waals surface area (Å²) in [4.78, 5) is 0. The van der Waals surface area contributed by atoms with E-state index in [0.29, 0.717) is 0 Å². The molecular weight excluding hydrogens is 165 g/mol. The van der Waals surface area contributed by atoms with Crippen molar-refractivity contribution >= 4 is 6.08 Å². The van der Waals surface area contributed by atoms with E-state index in [-0.39, 0.29) is 26.4 Å². The summed E-state index contributed by atoms with van der Waals surface area (Å²) in [5.74, 6) is 0. The monoisotopic (exact) mass is 183 g/mol. The number of benzene rings is 1. The molecule has 1 aromatic rings. The molecule has 0 aliphatic heterocycles. The third kappa shape index (κ3) is 11.0. The van der Waals surface area contributed by atoms with Crippen LogP contribution in [0.5, 0.6) is 0 Å². The van der Waals surface area contributed by atoms with Gasteiger partial charge in [-0.2, -0.15) is 0 Å². The molecule has 0 saturated carbocycles. The van der Waals surface area contributed by atoms with Crippen molar-refractivity contribution in [1.29, 1.82) is 0 Å². The van der Waals surface area contributed by atoms with E-state index >= 15 is 0 Å². The first-order valence-electron chi connectivity index (χ1n) is 3.76. The van der Waals surface area contributed by atoms with Crippen molar-refractivity contribution in [3.63, 3.8) is 0 Å². The third-order valence-electron chi connectivity index (χ3n) is 1.20. The standard InChI is InChI=1S/C8H8.C4H6.Li.H3N.H/c1-2-8-6-4-3-5-7-8;1-3-4-2;;;/h2-7H,1H2;3-4H,1-2H2;;1H3;/q;;+1;;-1. The fourth-order valence-electron chi connectivity index (χ4n) is 0.589. The van der Waals surface area contributed by atoms with Crippen LogP contribution in [0.2, 0.25) is 0 Å². The Morgan fingerprint density at radius 2 is 1.36 bits per heavy atom.